The van der Waals surface area contributed by atoms with Gasteiger partial charge in [-0.25, -0.2) is 4.79 Å². The van der Waals surface area contributed by atoms with Gasteiger partial charge in [0, 0.05) is 18.9 Å². The summed E-state index contributed by atoms with van der Waals surface area (Å²) in [5, 5.41) is 10.7. The lowest BCUT2D eigenvalue weighted by molar-refractivity contribution is 0.0973. The number of ether oxygens (including phenoxy) is 3. The molecule has 1 aromatic heterocycles. The quantitative estimate of drug-likeness (QED) is 0.335. The molecule has 1 heterocycles. The van der Waals surface area contributed by atoms with Gasteiger partial charge in [-0.1, -0.05) is 0 Å². The van der Waals surface area contributed by atoms with Gasteiger partial charge in [0.25, 0.3) is 0 Å². The number of fused-ring (bicyclic) bond motifs is 1. The first-order valence-corrected chi connectivity index (χ1v) is 7.95. The number of aromatic hydroxyl groups is 1. The monoisotopic (exact) mass is 360 g/mol. The smallest absolute Gasteiger partial charge is 0.351 e. The molecule has 7 heteroatoms. The van der Waals surface area contributed by atoms with Gasteiger partial charge in [-0.2, -0.15) is 0 Å². The van der Waals surface area contributed by atoms with Crippen molar-refractivity contribution >= 4 is 16.8 Å². The molecular weight excluding hydrogens is 340 g/mol. The van der Waals surface area contributed by atoms with Crippen LogP contribution in [0, 0.1) is 12.3 Å². The van der Waals surface area contributed by atoms with Crippen molar-refractivity contribution in [2.24, 2.45) is 0 Å². The van der Waals surface area contributed by atoms with Gasteiger partial charge >= 0.3 is 5.63 Å². The van der Waals surface area contributed by atoms with E-state index in [2.05, 4.69) is 5.92 Å². The Balaban J connectivity index is 2.63. The molecule has 0 atom stereocenters. The summed E-state index contributed by atoms with van der Waals surface area (Å²) in [4.78, 5) is 24.6. The molecule has 1 N–H and O–H groups in total. The first-order chi connectivity index (χ1) is 12.5. The van der Waals surface area contributed by atoms with E-state index in [4.69, 9.17) is 25.1 Å². The van der Waals surface area contributed by atoms with Crippen LogP contribution in [-0.4, -0.2) is 32.2 Å². The van der Waals surface area contributed by atoms with Gasteiger partial charge < -0.3 is 23.7 Å². The van der Waals surface area contributed by atoms with Crippen molar-refractivity contribution in [2.45, 2.75) is 25.7 Å². The van der Waals surface area contributed by atoms with Crippen LogP contribution in [0.5, 0.6) is 23.0 Å². The maximum Gasteiger partial charge on any atom is 0.351 e. The lowest BCUT2D eigenvalue weighted by Gasteiger charge is -2.15. The Bertz CT molecular complexity index is 918. The predicted octanol–water partition coefficient (Wildman–Crippen LogP) is 2.90. The largest absolute Gasteiger partial charge is 0.506 e. The van der Waals surface area contributed by atoms with Gasteiger partial charge in [0.2, 0.25) is 5.75 Å². The highest BCUT2D eigenvalue weighted by Gasteiger charge is 2.26. The van der Waals surface area contributed by atoms with E-state index in [-0.39, 0.29) is 34.6 Å². The fourth-order valence-electron chi connectivity index (χ4n) is 2.69. The fourth-order valence-corrected chi connectivity index (χ4v) is 2.69. The Morgan fingerprint density at radius 3 is 2.46 bits per heavy atom. The third kappa shape index (κ3) is 3.45. The van der Waals surface area contributed by atoms with E-state index in [1.165, 1.54) is 27.4 Å². The molecule has 0 amide bonds. The number of ketones is 1. The van der Waals surface area contributed by atoms with Crippen LogP contribution in [0.2, 0.25) is 0 Å². The number of rotatable bonds is 8. The van der Waals surface area contributed by atoms with Crippen molar-refractivity contribution in [3.8, 4) is 35.3 Å². The van der Waals surface area contributed by atoms with Crippen molar-refractivity contribution in [1.82, 2.24) is 0 Å². The maximum absolute atomic E-state index is 12.4. The van der Waals surface area contributed by atoms with Gasteiger partial charge in [0.1, 0.15) is 22.3 Å². The molecule has 0 unspecified atom stereocenters. The zero-order valence-electron chi connectivity index (χ0n) is 14.9. The van der Waals surface area contributed by atoms with Crippen molar-refractivity contribution in [3.63, 3.8) is 0 Å². The Kier molecular flexibility index (Phi) is 6.12. The van der Waals surface area contributed by atoms with Crippen LogP contribution in [0.3, 0.4) is 0 Å². The summed E-state index contributed by atoms with van der Waals surface area (Å²) >= 11 is 0. The molecule has 2 aromatic rings. The Morgan fingerprint density at radius 2 is 1.88 bits per heavy atom. The van der Waals surface area contributed by atoms with E-state index in [0.29, 0.717) is 19.3 Å². The molecule has 0 saturated heterocycles. The lowest BCUT2D eigenvalue weighted by atomic mass is 10.0. The van der Waals surface area contributed by atoms with Crippen LogP contribution in [0.25, 0.3) is 11.0 Å². The minimum atomic E-state index is -0.925. The third-order valence-electron chi connectivity index (χ3n) is 3.93. The molecule has 138 valence electrons. The number of carbonyl (C=O) groups is 1. The van der Waals surface area contributed by atoms with Crippen molar-refractivity contribution in [2.75, 3.05) is 21.3 Å². The van der Waals surface area contributed by atoms with Crippen molar-refractivity contribution in [1.29, 1.82) is 0 Å². The fraction of sp³-hybridized carbons (Fsp3) is 0.368. The van der Waals surface area contributed by atoms with E-state index < -0.39 is 22.7 Å². The summed E-state index contributed by atoms with van der Waals surface area (Å²) < 4.78 is 21.0. The Morgan fingerprint density at radius 1 is 1.19 bits per heavy atom. The minimum Gasteiger partial charge on any atom is -0.506 e. The minimum absolute atomic E-state index is 0.0193. The SMILES string of the molecule is C#CCCCCC(=O)c1c(O)c2c(OC)c(OC)c(OC)cc2oc1=O. The topological polar surface area (TPSA) is 95.2 Å². The maximum atomic E-state index is 12.4. The molecule has 0 spiro atoms. The molecule has 7 nitrogen and oxygen atoms in total. The molecule has 0 radical (unpaired) electrons. The Labute approximate surface area is 150 Å². The van der Waals surface area contributed by atoms with Gasteiger partial charge in [-0.15, -0.1) is 12.3 Å². The molecule has 0 bridgehead atoms. The van der Waals surface area contributed by atoms with Gasteiger partial charge in [-0.3, -0.25) is 4.79 Å². The van der Waals surface area contributed by atoms with Gasteiger partial charge in [-0.05, 0) is 12.8 Å². The van der Waals surface area contributed by atoms with E-state index in [9.17, 15) is 14.7 Å². The summed E-state index contributed by atoms with van der Waals surface area (Å²) in [6.07, 6.45) is 6.93. The van der Waals surface area contributed by atoms with Crippen LogP contribution >= 0.6 is 0 Å². The average Bonchev–Trinajstić information content (AvgIpc) is 2.63. The zero-order chi connectivity index (χ0) is 19.3. The van der Waals surface area contributed by atoms with E-state index in [0.717, 1.165) is 0 Å². The molecule has 0 saturated carbocycles. The Hall–Kier alpha value is -3.14. The highest BCUT2D eigenvalue weighted by atomic mass is 16.5. The van der Waals surface area contributed by atoms with Crippen LogP contribution in [0.4, 0.5) is 0 Å². The van der Waals surface area contributed by atoms with E-state index >= 15 is 0 Å². The summed E-state index contributed by atoms with van der Waals surface area (Å²) in [6.45, 7) is 0. The van der Waals surface area contributed by atoms with Crippen molar-refractivity contribution in [3.05, 3.63) is 22.0 Å². The number of hydrogen-bond acceptors (Lipinski definition) is 7. The van der Waals surface area contributed by atoms with E-state index in [1.807, 2.05) is 0 Å². The number of hydrogen-bond donors (Lipinski definition) is 1. The highest BCUT2D eigenvalue weighted by molar-refractivity contribution is 6.05. The average molecular weight is 360 g/mol. The first kappa shape index (κ1) is 19.2. The normalized spacial score (nSPS) is 10.4. The van der Waals surface area contributed by atoms with Gasteiger partial charge in [0.05, 0.1) is 21.3 Å². The van der Waals surface area contributed by atoms with Crippen LogP contribution in [0.15, 0.2) is 15.3 Å². The molecule has 0 aliphatic heterocycles. The summed E-state index contributed by atoms with van der Waals surface area (Å²) in [5.74, 6) is 2.02. The standard InChI is InChI=1S/C19H20O7/c1-5-6-7-8-9-11(20)14-16(21)15-12(26-19(14)22)10-13(23-2)17(24-3)18(15)25-4/h1,10,21H,6-9H2,2-4H3. The molecule has 1 aromatic carbocycles. The number of Topliss-reactive ketones (excluding diaryl/α,β-unsaturated/α-hetero) is 1. The van der Waals surface area contributed by atoms with Crippen molar-refractivity contribution < 1.29 is 28.5 Å². The van der Waals surface area contributed by atoms with Crippen LogP contribution in [-0.2, 0) is 0 Å². The third-order valence-corrected chi connectivity index (χ3v) is 3.93. The number of unbranched alkanes of at least 4 members (excludes halogenated alkanes) is 2. The number of benzene rings is 1. The second-order valence-corrected chi connectivity index (χ2v) is 5.47. The molecule has 0 aliphatic rings. The van der Waals surface area contributed by atoms with Crippen LogP contribution in [0.1, 0.15) is 36.0 Å². The number of carbonyl (C=O) groups excluding carboxylic acids is 1. The zero-order valence-corrected chi connectivity index (χ0v) is 14.9. The predicted molar refractivity (Wildman–Crippen MR) is 95.4 cm³/mol. The molecule has 0 aliphatic carbocycles. The summed E-state index contributed by atoms with van der Waals surface area (Å²) in [7, 11) is 4.18. The molecule has 2 rings (SSSR count). The number of terminal acetylenes is 1. The number of methoxy groups -OCH3 is 3. The second kappa shape index (κ2) is 8.30. The van der Waals surface area contributed by atoms with Gasteiger partial charge in [0.15, 0.2) is 17.3 Å². The molecular formula is C19H20O7. The summed E-state index contributed by atoms with van der Waals surface area (Å²) in [5.41, 5.74) is -1.32. The second-order valence-electron chi connectivity index (χ2n) is 5.47. The summed E-state index contributed by atoms with van der Waals surface area (Å²) in [6, 6.07) is 1.39. The lowest BCUT2D eigenvalue weighted by Crippen LogP contribution is -2.15. The van der Waals surface area contributed by atoms with Crippen LogP contribution < -0.4 is 19.8 Å². The first-order valence-electron chi connectivity index (χ1n) is 7.95. The highest BCUT2D eigenvalue weighted by Crippen LogP contribution is 2.46. The van der Waals surface area contributed by atoms with E-state index in [1.54, 1.807) is 0 Å². The molecule has 26 heavy (non-hydrogen) atoms. The molecule has 0 fully saturated rings.